The Morgan fingerprint density at radius 2 is 1.75 bits per heavy atom. The number of aryl methyl sites for hydroxylation is 1. The molecule has 122 valence electrons. The monoisotopic (exact) mass is 329 g/mol. The number of hydrogen-bond acceptors (Lipinski definition) is 3. The first-order valence-corrected chi connectivity index (χ1v) is 7.15. The fraction of sp³-hybridized carbons (Fsp3) is 0.111. The van der Waals surface area contributed by atoms with E-state index < -0.39 is 23.2 Å². The van der Waals surface area contributed by atoms with E-state index in [0.717, 1.165) is 23.2 Å². The van der Waals surface area contributed by atoms with Crippen LogP contribution in [0.5, 0.6) is 0 Å². The summed E-state index contributed by atoms with van der Waals surface area (Å²) in [6.07, 6.45) is -4.62. The van der Waals surface area contributed by atoms with Crippen LogP contribution in [-0.2, 0) is 6.18 Å². The molecule has 3 rings (SSSR count). The van der Waals surface area contributed by atoms with Crippen LogP contribution in [-0.4, -0.2) is 10.9 Å². The number of alkyl halides is 3. The first kappa shape index (κ1) is 16.0. The SMILES string of the molecule is Cc1ccc2cccc(N=C([O-])c3ccccc3C(F)(F)F)c2n1. The van der Waals surface area contributed by atoms with E-state index in [2.05, 4.69) is 9.98 Å². The lowest BCUT2D eigenvalue weighted by Crippen LogP contribution is -2.23. The van der Waals surface area contributed by atoms with Crippen LogP contribution in [0.1, 0.15) is 16.8 Å². The maximum atomic E-state index is 13.0. The molecule has 2 aromatic carbocycles. The number of benzene rings is 2. The molecule has 3 nitrogen and oxygen atoms in total. The second-order valence-electron chi connectivity index (χ2n) is 5.26. The van der Waals surface area contributed by atoms with Gasteiger partial charge in [0.25, 0.3) is 0 Å². The van der Waals surface area contributed by atoms with Gasteiger partial charge in [-0.3, -0.25) is 9.98 Å². The molecule has 0 aliphatic heterocycles. The van der Waals surface area contributed by atoms with Crippen molar-refractivity contribution in [2.45, 2.75) is 13.1 Å². The number of nitrogens with zero attached hydrogens (tertiary/aromatic N) is 2. The lowest BCUT2D eigenvalue weighted by molar-refractivity contribution is -0.213. The summed E-state index contributed by atoms with van der Waals surface area (Å²) in [5.74, 6) is -0.946. The molecule has 0 bridgehead atoms. The minimum atomic E-state index is -4.62. The zero-order valence-corrected chi connectivity index (χ0v) is 12.6. The van der Waals surface area contributed by atoms with Crippen molar-refractivity contribution in [2.75, 3.05) is 0 Å². The molecule has 0 amide bonds. The molecule has 0 unspecified atom stereocenters. The van der Waals surface area contributed by atoms with Crippen LogP contribution >= 0.6 is 0 Å². The van der Waals surface area contributed by atoms with Gasteiger partial charge in [-0.25, -0.2) is 0 Å². The topological polar surface area (TPSA) is 48.3 Å². The van der Waals surface area contributed by atoms with E-state index in [1.54, 1.807) is 25.1 Å². The average molecular weight is 329 g/mol. The molecule has 0 aliphatic rings. The zero-order chi connectivity index (χ0) is 17.3. The lowest BCUT2D eigenvalue weighted by atomic mass is 10.1. The van der Waals surface area contributed by atoms with Crippen LogP contribution in [0.2, 0.25) is 0 Å². The van der Waals surface area contributed by atoms with Crippen molar-refractivity contribution in [3.63, 3.8) is 0 Å². The van der Waals surface area contributed by atoms with Crippen molar-refractivity contribution in [1.82, 2.24) is 4.98 Å². The molecule has 1 aromatic heterocycles. The Kier molecular flexibility index (Phi) is 3.97. The van der Waals surface area contributed by atoms with Crippen molar-refractivity contribution in [1.29, 1.82) is 0 Å². The normalized spacial score (nSPS) is 12.6. The number of pyridine rings is 1. The predicted molar refractivity (Wildman–Crippen MR) is 84.1 cm³/mol. The zero-order valence-electron chi connectivity index (χ0n) is 12.6. The first-order valence-electron chi connectivity index (χ1n) is 7.15. The second-order valence-corrected chi connectivity index (χ2v) is 5.26. The molecule has 6 heteroatoms. The Morgan fingerprint density at radius 3 is 2.50 bits per heavy atom. The maximum absolute atomic E-state index is 13.0. The van der Waals surface area contributed by atoms with Crippen LogP contribution in [0.4, 0.5) is 18.9 Å². The molecular weight excluding hydrogens is 317 g/mol. The average Bonchev–Trinajstić information content (AvgIpc) is 2.54. The van der Waals surface area contributed by atoms with E-state index in [1.165, 1.54) is 12.1 Å². The minimum absolute atomic E-state index is 0.248. The van der Waals surface area contributed by atoms with Crippen molar-refractivity contribution < 1.29 is 18.3 Å². The number of halogens is 3. The van der Waals surface area contributed by atoms with Gasteiger partial charge in [0, 0.05) is 11.1 Å². The van der Waals surface area contributed by atoms with Gasteiger partial charge in [0.2, 0.25) is 0 Å². The molecule has 0 spiro atoms. The van der Waals surface area contributed by atoms with Gasteiger partial charge in [0.1, 0.15) is 0 Å². The van der Waals surface area contributed by atoms with E-state index >= 15 is 0 Å². The van der Waals surface area contributed by atoms with Crippen LogP contribution in [0.3, 0.4) is 0 Å². The summed E-state index contributed by atoms with van der Waals surface area (Å²) < 4.78 is 39.1. The van der Waals surface area contributed by atoms with Gasteiger partial charge in [0.05, 0.1) is 16.8 Å². The molecular formula is C18H12F3N2O-. The molecule has 3 aromatic rings. The Morgan fingerprint density at radius 1 is 1.00 bits per heavy atom. The van der Waals surface area contributed by atoms with Crippen LogP contribution in [0.25, 0.3) is 10.9 Å². The first-order chi connectivity index (χ1) is 11.4. The number of fused-ring (bicyclic) bond motifs is 1. The fourth-order valence-electron chi connectivity index (χ4n) is 2.41. The van der Waals surface area contributed by atoms with Gasteiger partial charge < -0.3 is 5.11 Å². The summed E-state index contributed by atoms with van der Waals surface area (Å²) >= 11 is 0. The van der Waals surface area contributed by atoms with E-state index in [-0.39, 0.29) is 5.69 Å². The molecule has 24 heavy (non-hydrogen) atoms. The summed E-state index contributed by atoms with van der Waals surface area (Å²) in [4.78, 5) is 8.20. The van der Waals surface area contributed by atoms with Crippen molar-refractivity contribution >= 4 is 22.5 Å². The van der Waals surface area contributed by atoms with Crippen molar-refractivity contribution in [3.8, 4) is 0 Å². The molecule has 0 N–H and O–H groups in total. The van der Waals surface area contributed by atoms with Crippen LogP contribution in [0, 0.1) is 6.92 Å². The number of hydrogen-bond donors (Lipinski definition) is 0. The summed E-state index contributed by atoms with van der Waals surface area (Å²) in [6.45, 7) is 1.79. The predicted octanol–water partition coefficient (Wildman–Crippen LogP) is 4.00. The third-order valence-electron chi connectivity index (χ3n) is 3.52. The van der Waals surface area contributed by atoms with E-state index in [9.17, 15) is 18.3 Å². The van der Waals surface area contributed by atoms with E-state index in [1.807, 2.05) is 12.1 Å². The molecule has 0 saturated carbocycles. The Bertz CT molecular complexity index is 933. The van der Waals surface area contributed by atoms with E-state index in [0.29, 0.717) is 5.52 Å². The maximum Gasteiger partial charge on any atom is 0.417 e. The summed E-state index contributed by atoms with van der Waals surface area (Å²) in [5.41, 5.74) is -0.0143. The largest absolute Gasteiger partial charge is 0.858 e. The second kappa shape index (κ2) is 5.96. The highest BCUT2D eigenvalue weighted by molar-refractivity contribution is 5.98. The highest BCUT2D eigenvalue weighted by Gasteiger charge is 2.32. The third-order valence-corrected chi connectivity index (χ3v) is 3.52. The highest BCUT2D eigenvalue weighted by atomic mass is 19.4. The van der Waals surface area contributed by atoms with Crippen molar-refractivity contribution in [2.24, 2.45) is 4.99 Å². The highest BCUT2D eigenvalue weighted by Crippen LogP contribution is 2.32. The molecule has 0 aliphatic carbocycles. The van der Waals surface area contributed by atoms with Gasteiger partial charge in [-0.15, -0.1) is 0 Å². The summed E-state index contributed by atoms with van der Waals surface area (Å²) in [5, 5.41) is 13.1. The van der Waals surface area contributed by atoms with Gasteiger partial charge in [-0.1, -0.05) is 36.4 Å². The lowest BCUT2D eigenvalue weighted by Gasteiger charge is -2.17. The minimum Gasteiger partial charge on any atom is -0.858 e. The van der Waals surface area contributed by atoms with Gasteiger partial charge >= 0.3 is 6.18 Å². The molecule has 0 saturated heterocycles. The number of aromatic nitrogens is 1. The standard InChI is InChI=1S/C18H13F3N2O/c1-11-9-10-12-5-4-8-15(16(12)22-11)23-17(24)13-6-2-3-7-14(13)18(19,20)21/h2-10H,1H3,(H,23,24)/p-1. The fourth-order valence-corrected chi connectivity index (χ4v) is 2.41. The van der Waals surface area contributed by atoms with Crippen LogP contribution < -0.4 is 5.11 Å². The third kappa shape index (κ3) is 3.08. The summed E-state index contributed by atoms with van der Waals surface area (Å²) in [6, 6.07) is 13.3. The van der Waals surface area contributed by atoms with Gasteiger partial charge in [0.15, 0.2) is 0 Å². The number of rotatable bonds is 2. The molecule has 0 atom stereocenters. The quantitative estimate of drug-likeness (QED) is 0.527. The molecule has 0 radical (unpaired) electrons. The Balaban J connectivity index is 2.15. The number of para-hydroxylation sites is 1. The molecule has 0 fully saturated rings. The van der Waals surface area contributed by atoms with E-state index in [4.69, 9.17) is 0 Å². The smallest absolute Gasteiger partial charge is 0.417 e. The summed E-state index contributed by atoms with van der Waals surface area (Å²) in [7, 11) is 0. The Labute approximate surface area is 136 Å². The van der Waals surface area contributed by atoms with Crippen LogP contribution in [0.15, 0.2) is 59.6 Å². The Hall–Kier alpha value is -2.89. The van der Waals surface area contributed by atoms with Crippen molar-refractivity contribution in [3.05, 3.63) is 71.4 Å². The van der Waals surface area contributed by atoms with Gasteiger partial charge in [-0.05, 0) is 36.6 Å². The number of aliphatic imine (C=N–C) groups is 1. The molecule has 1 heterocycles. The van der Waals surface area contributed by atoms with Gasteiger partial charge in [-0.2, -0.15) is 13.2 Å².